The predicted molar refractivity (Wildman–Crippen MR) is 108 cm³/mol. The van der Waals surface area contributed by atoms with Crippen LogP contribution in [0.25, 0.3) is 6.08 Å². The lowest BCUT2D eigenvalue weighted by molar-refractivity contribution is 0.601. The Balaban J connectivity index is 1.78. The van der Waals surface area contributed by atoms with Crippen LogP contribution in [-0.4, -0.2) is 8.42 Å². The summed E-state index contributed by atoms with van der Waals surface area (Å²) >= 11 is 0. The van der Waals surface area contributed by atoms with E-state index >= 15 is 0 Å². The minimum absolute atomic E-state index is 0.262. The van der Waals surface area contributed by atoms with Crippen molar-refractivity contribution < 1.29 is 8.42 Å². The fourth-order valence-corrected chi connectivity index (χ4v) is 3.71. The second kappa shape index (κ2) is 8.02. The summed E-state index contributed by atoms with van der Waals surface area (Å²) < 4.78 is 28.0. The zero-order valence-corrected chi connectivity index (χ0v) is 15.4. The lowest BCUT2D eigenvalue weighted by atomic mass is 10.1. The van der Waals surface area contributed by atoms with Crippen molar-refractivity contribution >= 4 is 21.8 Å². The number of allylic oxidation sites excluding steroid dienone is 1. The number of hydrogen-bond acceptors (Lipinski definition) is 2. The van der Waals surface area contributed by atoms with E-state index in [0.29, 0.717) is 12.1 Å². The number of para-hydroxylation sites is 1. The van der Waals surface area contributed by atoms with Crippen molar-refractivity contribution in [3.8, 4) is 0 Å². The molecule has 0 spiro atoms. The van der Waals surface area contributed by atoms with Crippen LogP contribution in [0.5, 0.6) is 0 Å². The molecule has 0 aliphatic carbocycles. The molecular formula is C22H21NO2S. The number of nitrogens with one attached hydrogen (secondary N) is 1. The van der Waals surface area contributed by atoms with Gasteiger partial charge in [0.15, 0.2) is 0 Å². The number of hydrogen-bond donors (Lipinski definition) is 1. The van der Waals surface area contributed by atoms with Crippen molar-refractivity contribution in [2.45, 2.75) is 18.2 Å². The summed E-state index contributed by atoms with van der Waals surface area (Å²) in [4.78, 5) is 0.262. The first-order chi connectivity index (χ1) is 12.5. The van der Waals surface area contributed by atoms with Crippen LogP contribution in [-0.2, 0) is 16.4 Å². The van der Waals surface area contributed by atoms with Gasteiger partial charge >= 0.3 is 0 Å². The average Bonchev–Trinajstić information content (AvgIpc) is 2.64. The normalized spacial score (nSPS) is 11.6. The molecule has 3 aromatic rings. The third kappa shape index (κ3) is 4.61. The van der Waals surface area contributed by atoms with Gasteiger partial charge in [0.1, 0.15) is 0 Å². The zero-order valence-electron chi connectivity index (χ0n) is 14.6. The molecule has 0 bridgehead atoms. The van der Waals surface area contributed by atoms with Crippen LogP contribution in [0.1, 0.15) is 16.7 Å². The summed E-state index contributed by atoms with van der Waals surface area (Å²) in [5.41, 5.74) is 3.67. The van der Waals surface area contributed by atoms with Crippen LogP contribution in [0.3, 0.4) is 0 Å². The third-order valence-electron chi connectivity index (χ3n) is 4.04. The summed E-state index contributed by atoms with van der Waals surface area (Å²) in [5.74, 6) is 0. The Morgan fingerprint density at radius 1 is 0.846 bits per heavy atom. The number of sulfonamides is 1. The Morgan fingerprint density at radius 3 is 2.23 bits per heavy atom. The van der Waals surface area contributed by atoms with Gasteiger partial charge in [-0.25, -0.2) is 8.42 Å². The minimum Gasteiger partial charge on any atom is -0.279 e. The molecule has 3 nitrogen and oxygen atoms in total. The second-order valence-corrected chi connectivity index (χ2v) is 7.78. The molecule has 3 aromatic carbocycles. The minimum atomic E-state index is -3.60. The van der Waals surface area contributed by atoms with E-state index in [0.717, 1.165) is 16.7 Å². The zero-order chi connectivity index (χ0) is 18.4. The van der Waals surface area contributed by atoms with E-state index in [1.807, 2.05) is 67.6 Å². The van der Waals surface area contributed by atoms with Crippen LogP contribution < -0.4 is 4.72 Å². The van der Waals surface area contributed by atoms with Crippen LogP contribution in [0, 0.1) is 6.92 Å². The highest BCUT2D eigenvalue weighted by molar-refractivity contribution is 7.92. The van der Waals surface area contributed by atoms with Gasteiger partial charge in [0.25, 0.3) is 10.0 Å². The lowest BCUT2D eigenvalue weighted by Gasteiger charge is -2.12. The first kappa shape index (κ1) is 18.0. The van der Waals surface area contributed by atoms with Gasteiger partial charge in [-0.3, -0.25) is 4.72 Å². The van der Waals surface area contributed by atoms with Crippen LogP contribution in [0.15, 0.2) is 89.8 Å². The number of anilines is 1. The number of rotatable bonds is 6. The van der Waals surface area contributed by atoms with Gasteiger partial charge < -0.3 is 0 Å². The van der Waals surface area contributed by atoms with Crippen LogP contribution in [0.4, 0.5) is 5.69 Å². The van der Waals surface area contributed by atoms with Crippen molar-refractivity contribution in [1.29, 1.82) is 0 Å². The van der Waals surface area contributed by atoms with Gasteiger partial charge in [0.2, 0.25) is 0 Å². The first-order valence-electron chi connectivity index (χ1n) is 8.43. The number of benzene rings is 3. The summed E-state index contributed by atoms with van der Waals surface area (Å²) in [5, 5.41) is 0. The summed E-state index contributed by atoms with van der Waals surface area (Å²) in [7, 11) is -3.60. The molecule has 0 amide bonds. The molecule has 3 rings (SSSR count). The van der Waals surface area contributed by atoms with Gasteiger partial charge in [0.05, 0.1) is 10.6 Å². The SMILES string of the molecule is Cc1ccc(S(=O)(=O)Nc2ccccc2C/C=C\c2ccccc2)cc1. The van der Waals surface area contributed by atoms with E-state index in [1.165, 1.54) is 0 Å². The van der Waals surface area contributed by atoms with E-state index in [2.05, 4.69) is 4.72 Å². The van der Waals surface area contributed by atoms with Gasteiger partial charge in [-0.05, 0) is 42.7 Å². The molecule has 0 unspecified atom stereocenters. The maximum atomic E-state index is 12.6. The molecular weight excluding hydrogens is 342 g/mol. The highest BCUT2D eigenvalue weighted by atomic mass is 32.2. The Hall–Kier alpha value is -2.85. The van der Waals surface area contributed by atoms with Crippen LogP contribution >= 0.6 is 0 Å². The molecule has 0 radical (unpaired) electrons. The number of aryl methyl sites for hydroxylation is 1. The fourth-order valence-electron chi connectivity index (χ4n) is 2.61. The maximum Gasteiger partial charge on any atom is 0.261 e. The van der Waals surface area contributed by atoms with E-state index in [1.54, 1.807) is 30.3 Å². The molecule has 0 aliphatic rings. The fraction of sp³-hybridized carbons (Fsp3) is 0.0909. The molecule has 0 aromatic heterocycles. The van der Waals surface area contributed by atoms with Gasteiger partial charge in [-0.1, -0.05) is 78.4 Å². The Kier molecular flexibility index (Phi) is 5.54. The van der Waals surface area contributed by atoms with Gasteiger partial charge in [0, 0.05) is 0 Å². The smallest absolute Gasteiger partial charge is 0.261 e. The van der Waals surface area contributed by atoms with Crippen molar-refractivity contribution in [3.63, 3.8) is 0 Å². The lowest BCUT2D eigenvalue weighted by Crippen LogP contribution is -2.14. The van der Waals surface area contributed by atoms with E-state index < -0.39 is 10.0 Å². The monoisotopic (exact) mass is 363 g/mol. The average molecular weight is 363 g/mol. The maximum absolute atomic E-state index is 12.6. The summed E-state index contributed by atoms with van der Waals surface area (Å²) in [6, 6.07) is 24.3. The Labute approximate surface area is 155 Å². The first-order valence-corrected chi connectivity index (χ1v) is 9.92. The molecule has 0 saturated heterocycles. The third-order valence-corrected chi connectivity index (χ3v) is 5.42. The topological polar surface area (TPSA) is 46.2 Å². The Morgan fingerprint density at radius 2 is 1.50 bits per heavy atom. The molecule has 0 aliphatic heterocycles. The van der Waals surface area contributed by atoms with E-state index in [-0.39, 0.29) is 4.90 Å². The standard InChI is InChI=1S/C22H21NO2S/c1-18-14-16-21(17-15-18)26(24,25)23-22-13-6-5-11-20(22)12-7-10-19-8-3-2-4-9-19/h2-11,13-17,23H,12H2,1H3/b10-7-. The highest BCUT2D eigenvalue weighted by Gasteiger charge is 2.15. The predicted octanol–water partition coefficient (Wildman–Crippen LogP) is 5.05. The summed E-state index contributed by atoms with van der Waals surface area (Å²) in [6.07, 6.45) is 4.71. The highest BCUT2D eigenvalue weighted by Crippen LogP contribution is 2.21. The van der Waals surface area contributed by atoms with Gasteiger partial charge in [-0.15, -0.1) is 0 Å². The molecule has 0 saturated carbocycles. The van der Waals surface area contributed by atoms with Crippen LogP contribution in [0.2, 0.25) is 0 Å². The summed E-state index contributed by atoms with van der Waals surface area (Å²) in [6.45, 7) is 1.93. The largest absolute Gasteiger partial charge is 0.279 e. The van der Waals surface area contributed by atoms with E-state index in [9.17, 15) is 8.42 Å². The molecule has 0 fully saturated rings. The molecule has 26 heavy (non-hydrogen) atoms. The van der Waals surface area contributed by atoms with Crippen molar-refractivity contribution in [2.24, 2.45) is 0 Å². The van der Waals surface area contributed by atoms with Crippen molar-refractivity contribution in [2.75, 3.05) is 4.72 Å². The molecule has 0 heterocycles. The van der Waals surface area contributed by atoms with Gasteiger partial charge in [-0.2, -0.15) is 0 Å². The van der Waals surface area contributed by atoms with E-state index in [4.69, 9.17) is 0 Å². The molecule has 132 valence electrons. The van der Waals surface area contributed by atoms with Crippen molar-refractivity contribution in [1.82, 2.24) is 0 Å². The second-order valence-electron chi connectivity index (χ2n) is 6.09. The Bertz CT molecular complexity index is 992. The molecule has 4 heteroatoms. The molecule has 1 N–H and O–H groups in total. The molecule has 0 atom stereocenters. The van der Waals surface area contributed by atoms with Crippen molar-refractivity contribution in [3.05, 3.63) is 102 Å². The quantitative estimate of drug-likeness (QED) is 0.666.